The van der Waals surface area contributed by atoms with E-state index in [1.54, 1.807) is 35.2 Å². The second-order valence-electron chi connectivity index (χ2n) is 7.32. The minimum atomic E-state index is -0.887. The molecule has 2 aromatic carbocycles. The van der Waals surface area contributed by atoms with Crippen molar-refractivity contribution in [2.75, 3.05) is 37.0 Å². The molecule has 0 aliphatic carbocycles. The number of nitrogens with one attached hydrogen (secondary N) is 1. The van der Waals surface area contributed by atoms with Gasteiger partial charge >= 0.3 is 0 Å². The van der Waals surface area contributed by atoms with Crippen LogP contribution in [0.2, 0.25) is 5.02 Å². The van der Waals surface area contributed by atoms with Crippen molar-refractivity contribution in [3.8, 4) is 5.75 Å². The summed E-state index contributed by atoms with van der Waals surface area (Å²) in [6.45, 7) is 1.11. The molecule has 0 aromatic heterocycles. The lowest BCUT2D eigenvalue weighted by Gasteiger charge is -2.34. The first-order valence-electron chi connectivity index (χ1n) is 9.97. The highest BCUT2D eigenvalue weighted by molar-refractivity contribution is 8.01. The van der Waals surface area contributed by atoms with Gasteiger partial charge in [-0.25, -0.2) is 0 Å². The van der Waals surface area contributed by atoms with Gasteiger partial charge in [-0.3, -0.25) is 14.4 Å². The van der Waals surface area contributed by atoms with E-state index < -0.39 is 11.2 Å². The number of nitrogens with zero attached hydrogens (tertiary/aromatic N) is 2. The van der Waals surface area contributed by atoms with Crippen LogP contribution in [0.25, 0.3) is 0 Å². The van der Waals surface area contributed by atoms with Crippen LogP contribution >= 0.6 is 23.4 Å². The number of amides is 3. The van der Waals surface area contributed by atoms with Crippen LogP contribution < -0.4 is 15.0 Å². The molecular weight excluding hydrogens is 438 g/mol. The summed E-state index contributed by atoms with van der Waals surface area (Å²) in [5.74, 6) is -0.526. The first kappa shape index (κ1) is 21.5. The largest absolute Gasteiger partial charge is 0.495 e. The highest BCUT2D eigenvalue weighted by Crippen LogP contribution is 2.40. The maximum absolute atomic E-state index is 13.3. The van der Waals surface area contributed by atoms with Gasteiger partial charge in [-0.05, 0) is 43.2 Å². The topological polar surface area (TPSA) is 79.0 Å². The Hall–Kier alpha value is -2.71. The summed E-state index contributed by atoms with van der Waals surface area (Å²) in [6.07, 6.45) is 1.89. The van der Waals surface area contributed by atoms with Gasteiger partial charge in [-0.2, -0.15) is 0 Å². The van der Waals surface area contributed by atoms with E-state index in [2.05, 4.69) is 5.32 Å². The molecular formula is C22H22ClN3O4S. The Labute approximate surface area is 189 Å². The molecule has 0 radical (unpaired) electrons. The number of hydrogen-bond acceptors (Lipinski definition) is 5. The minimum absolute atomic E-state index is 0.191. The molecule has 2 aromatic rings. The normalized spacial score (nSPS) is 18.0. The Kier molecular flexibility index (Phi) is 6.38. The summed E-state index contributed by atoms with van der Waals surface area (Å²) >= 11 is 7.29. The third-order valence-corrected chi connectivity index (χ3v) is 6.74. The number of para-hydroxylation sites is 1. The molecule has 2 heterocycles. The van der Waals surface area contributed by atoms with E-state index in [1.807, 2.05) is 12.1 Å². The second-order valence-corrected chi connectivity index (χ2v) is 8.90. The summed E-state index contributed by atoms with van der Waals surface area (Å²) in [7, 11) is 1.50. The monoisotopic (exact) mass is 459 g/mol. The number of rotatable bonds is 5. The van der Waals surface area contributed by atoms with Crippen molar-refractivity contribution in [2.24, 2.45) is 0 Å². The zero-order valence-electron chi connectivity index (χ0n) is 17.0. The van der Waals surface area contributed by atoms with Gasteiger partial charge in [0.1, 0.15) is 12.3 Å². The number of benzene rings is 2. The molecule has 3 amide bonds. The van der Waals surface area contributed by atoms with Gasteiger partial charge in [0.05, 0.1) is 18.5 Å². The van der Waals surface area contributed by atoms with E-state index in [0.29, 0.717) is 35.2 Å². The molecule has 31 heavy (non-hydrogen) atoms. The first-order chi connectivity index (χ1) is 15.0. The fraction of sp³-hybridized carbons (Fsp3) is 0.318. The number of carbonyl (C=O) groups excluding carboxylic acids is 3. The van der Waals surface area contributed by atoms with Crippen LogP contribution in [0.15, 0.2) is 47.4 Å². The molecule has 162 valence electrons. The van der Waals surface area contributed by atoms with E-state index in [9.17, 15) is 14.4 Å². The molecule has 0 saturated carbocycles. The second kappa shape index (κ2) is 9.20. The van der Waals surface area contributed by atoms with Crippen LogP contribution in [0.3, 0.4) is 0 Å². The smallest absolute Gasteiger partial charge is 0.250 e. The average molecular weight is 460 g/mol. The van der Waals surface area contributed by atoms with Crippen molar-refractivity contribution in [2.45, 2.75) is 23.0 Å². The van der Waals surface area contributed by atoms with Crippen LogP contribution in [0, 0.1) is 0 Å². The Morgan fingerprint density at radius 2 is 1.94 bits per heavy atom. The number of thioether (sulfide) groups is 1. The quantitative estimate of drug-likeness (QED) is 0.693. The summed E-state index contributed by atoms with van der Waals surface area (Å²) in [5.41, 5.74) is 1.04. The molecule has 1 fully saturated rings. The standard InChI is InChI=1S/C22H22ClN3O4S/c1-30-17-9-8-14(23)12-15(17)24-19(27)13-26-16-6-2-3-7-18(16)31-20(22(26)29)21(28)25-10-4-5-11-25/h2-3,6-9,12,20H,4-5,10-11,13H2,1H3,(H,24,27). The van der Waals surface area contributed by atoms with E-state index >= 15 is 0 Å². The van der Waals surface area contributed by atoms with Crippen molar-refractivity contribution in [3.05, 3.63) is 47.5 Å². The number of fused-ring (bicyclic) bond motifs is 1. The van der Waals surface area contributed by atoms with Gasteiger partial charge in [0.25, 0.3) is 5.91 Å². The van der Waals surface area contributed by atoms with Crippen molar-refractivity contribution in [1.29, 1.82) is 0 Å². The average Bonchev–Trinajstić information content (AvgIpc) is 3.30. The summed E-state index contributed by atoms with van der Waals surface area (Å²) in [6, 6.07) is 12.2. The van der Waals surface area contributed by atoms with Crippen LogP contribution in [0.4, 0.5) is 11.4 Å². The molecule has 4 rings (SSSR count). The molecule has 0 spiro atoms. The maximum Gasteiger partial charge on any atom is 0.250 e. The predicted molar refractivity (Wildman–Crippen MR) is 121 cm³/mol. The van der Waals surface area contributed by atoms with Gasteiger partial charge in [0.15, 0.2) is 5.25 Å². The van der Waals surface area contributed by atoms with Gasteiger partial charge in [0.2, 0.25) is 11.8 Å². The van der Waals surface area contributed by atoms with E-state index in [-0.39, 0.29) is 18.4 Å². The lowest BCUT2D eigenvalue weighted by Crippen LogP contribution is -2.51. The third-order valence-electron chi connectivity index (χ3n) is 5.27. The van der Waals surface area contributed by atoms with Crippen molar-refractivity contribution < 1.29 is 19.1 Å². The minimum Gasteiger partial charge on any atom is -0.495 e. The summed E-state index contributed by atoms with van der Waals surface area (Å²) in [4.78, 5) is 43.0. The molecule has 1 unspecified atom stereocenters. The van der Waals surface area contributed by atoms with Crippen molar-refractivity contribution >= 4 is 52.5 Å². The van der Waals surface area contributed by atoms with E-state index in [1.165, 1.54) is 23.8 Å². The lowest BCUT2D eigenvalue weighted by atomic mass is 10.2. The highest BCUT2D eigenvalue weighted by atomic mass is 35.5. The zero-order valence-corrected chi connectivity index (χ0v) is 18.5. The van der Waals surface area contributed by atoms with Gasteiger partial charge < -0.3 is 19.9 Å². The number of anilines is 2. The maximum atomic E-state index is 13.3. The van der Waals surface area contributed by atoms with Crippen molar-refractivity contribution in [3.63, 3.8) is 0 Å². The van der Waals surface area contributed by atoms with E-state index in [4.69, 9.17) is 16.3 Å². The third kappa shape index (κ3) is 4.50. The summed E-state index contributed by atoms with van der Waals surface area (Å²) in [5, 5.41) is 2.32. The molecule has 7 nitrogen and oxygen atoms in total. The molecule has 9 heteroatoms. The van der Waals surface area contributed by atoms with Crippen LogP contribution in [0.1, 0.15) is 12.8 Å². The number of hydrogen-bond donors (Lipinski definition) is 1. The summed E-state index contributed by atoms with van der Waals surface area (Å²) < 4.78 is 5.27. The lowest BCUT2D eigenvalue weighted by molar-refractivity contribution is -0.134. The Bertz CT molecular complexity index is 1030. The fourth-order valence-corrected chi connectivity index (χ4v) is 5.11. The number of likely N-dealkylation sites (tertiary alicyclic amines) is 1. The Morgan fingerprint density at radius 1 is 1.19 bits per heavy atom. The van der Waals surface area contributed by atoms with Crippen LogP contribution in [-0.4, -0.2) is 54.6 Å². The van der Waals surface area contributed by atoms with E-state index in [0.717, 1.165) is 17.7 Å². The number of carbonyl (C=O) groups is 3. The van der Waals surface area contributed by atoms with Crippen LogP contribution in [-0.2, 0) is 14.4 Å². The SMILES string of the molecule is COc1ccc(Cl)cc1NC(=O)CN1C(=O)C(C(=O)N2CCCC2)Sc2ccccc21. The number of halogens is 1. The van der Waals surface area contributed by atoms with Gasteiger partial charge in [0, 0.05) is 23.0 Å². The highest BCUT2D eigenvalue weighted by Gasteiger charge is 2.41. The predicted octanol–water partition coefficient (Wildman–Crippen LogP) is 3.42. The first-order valence-corrected chi connectivity index (χ1v) is 11.2. The molecule has 0 bridgehead atoms. The van der Waals surface area contributed by atoms with Crippen molar-refractivity contribution in [1.82, 2.24) is 4.90 Å². The molecule has 1 N–H and O–H groups in total. The Balaban J connectivity index is 1.57. The molecule has 1 atom stereocenters. The molecule has 2 aliphatic heterocycles. The van der Waals surface area contributed by atoms with Gasteiger partial charge in [-0.1, -0.05) is 23.7 Å². The van der Waals surface area contributed by atoms with Gasteiger partial charge in [-0.15, -0.1) is 11.8 Å². The number of methoxy groups -OCH3 is 1. The van der Waals surface area contributed by atoms with Crippen LogP contribution in [0.5, 0.6) is 5.75 Å². The molecule has 2 aliphatic rings. The fourth-order valence-electron chi connectivity index (χ4n) is 3.75. The number of ether oxygens (including phenoxy) is 1. The zero-order chi connectivity index (χ0) is 22.0. The molecule has 1 saturated heterocycles. The Morgan fingerprint density at radius 3 is 2.68 bits per heavy atom.